The van der Waals surface area contributed by atoms with Gasteiger partial charge in [-0.2, -0.15) is 0 Å². The van der Waals surface area contributed by atoms with Crippen LogP contribution in [-0.2, 0) is 70.7 Å². The van der Waals surface area contributed by atoms with Crippen LogP contribution in [-0.4, -0.2) is 205 Å². The molecule has 10 N–H and O–H groups in total. The van der Waals surface area contributed by atoms with E-state index in [0.717, 1.165) is 135 Å². The molecule has 2 heterocycles. The first kappa shape index (κ1) is 110. The second-order valence-electron chi connectivity index (χ2n) is 34.5. The number of aliphatic hydroxyl groups is 9. The number of hydrogen-bond acceptors (Lipinski definition) is 24. The molecule has 26 heteroatoms. The van der Waals surface area contributed by atoms with Crippen LogP contribution in [0.4, 0.5) is 0 Å². The predicted octanol–water partition coefficient (Wildman–Crippen LogP) is 18.0. The molecule has 2 aliphatic heterocycles. The number of carbonyl (C=O) groups excluding carboxylic acids is 4. The second kappa shape index (κ2) is 71.0. The summed E-state index contributed by atoms with van der Waals surface area (Å²) in [5.41, 5.74) is 0. The molecular formula is C93H171O25P. The molecule has 1 aliphatic carbocycles. The lowest BCUT2D eigenvalue weighted by atomic mass is 9.84. The summed E-state index contributed by atoms with van der Waals surface area (Å²) < 4.78 is 73.5. The normalized spacial score (nSPS) is 25.2. The fraction of sp³-hybridized carbons (Fsp3) is 0.914. The lowest BCUT2D eigenvalue weighted by Gasteiger charge is -2.50. The van der Waals surface area contributed by atoms with Crippen molar-refractivity contribution in [2.75, 3.05) is 26.4 Å². The number of rotatable bonds is 77. The minimum Gasteiger partial charge on any atom is -0.463 e. The van der Waals surface area contributed by atoms with Crippen molar-refractivity contribution in [1.29, 1.82) is 0 Å². The molecule has 25 nitrogen and oxygen atoms in total. The highest BCUT2D eigenvalue weighted by Gasteiger charge is 2.60. The van der Waals surface area contributed by atoms with Gasteiger partial charge in [-0.1, -0.05) is 329 Å². The summed E-state index contributed by atoms with van der Waals surface area (Å²) >= 11 is 0. The third kappa shape index (κ3) is 51.4. The van der Waals surface area contributed by atoms with Gasteiger partial charge < -0.3 is 88.7 Å². The number of aliphatic hydroxyl groups excluding tert-OH is 9. The van der Waals surface area contributed by atoms with Crippen LogP contribution in [0.15, 0.2) is 24.3 Å². The van der Waals surface area contributed by atoms with Crippen LogP contribution in [0, 0.1) is 5.92 Å². The lowest BCUT2D eigenvalue weighted by molar-refractivity contribution is -0.360. The van der Waals surface area contributed by atoms with Crippen molar-refractivity contribution in [2.24, 2.45) is 5.92 Å². The monoisotopic (exact) mass is 1720 g/mol. The fourth-order valence-corrected chi connectivity index (χ4v) is 16.8. The molecule has 0 bridgehead atoms. The quantitative estimate of drug-likeness (QED) is 0.00889. The van der Waals surface area contributed by atoms with Gasteiger partial charge in [0.1, 0.15) is 92.6 Å². The smallest absolute Gasteiger partial charge is 0.463 e. The Labute approximate surface area is 717 Å². The van der Waals surface area contributed by atoms with Crippen molar-refractivity contribution in [1.82, 2.24) is 0 Å². The Morgan fingerprint density at radius 2 is 0.681 bits per heavy atom. The van der Waals surface area contributed by atoms with Gasteiger partial charge in [-0.3, -0.25) is 28.2 Å². The van der Waals surface area contributed by atoms with E-state index in [1.165, 1.54) is 167 Å². The molecule has 3 rings (SSSR count). The van der Waals surface area contributed by atoms with Gasteiger partial charge in [0, 0.05) is 25.7 Å². The molecule has 0 aromatic rings. The number of unbranched alkanes of at least 4 members (excludes halogenated alkanes) is 45. The van der Waals surface area contributed by atoms with E-state index in [0.29, 0.717) is 44.4 Å². The van der Waals surface area contributed by atoms with Gasteiger partial charge in [0.25, 0.3) is 0 Å². The van der Waals surface area contributed by atoms with Crippen LogP contribution in [0.25, 0.3) is 0 Å². The number of esters is 4. The topological polar surface area (TPSA) is 380 Å². The van der Waals surface area contributed by atoms with Crippen LogP contribution >= 0.6 is 7.82 Å². The Bertz CT molecular complexity index is 2580. The molecule has 0 aromatic carbocycles. The van der Waals surface area contributed by atoms with Gasteiger partial charge in [-0.05, 0) is 83.0 Å². The molecule has 0 radical (unpaired) electrons. The van der Waals surface area contributed by atoms with Gasteiger partial charge in [-0.25, -0.2) is 4.57 Å². The Hall–Kier alpha value is -3.05. The van der Waals surface area contributed by atoms with E-state index in [9.17, 15) is 74.6 Å². The maximum Gasteiger partial charge on any atom is 0.472 e. The summed E-state index contributed by atoms with van der Waals surface area (Å²) in [7, 11) is -5.81. The van der Waals surface area contributed by atoms with Crippen molar-refractivity contribution >= 4 is 31.7 Å². The van der Waals surface area contributed by atoms with E-state index >= 15 is 0 Å². The number of hydrogen-bond donors (Lipinski definition) is 10. The molecule has 0 spiro atoms. The maximum absolute atomic E-state index is 14.9. The van der Waals surface area contributed by atoms with Gasteiger partial charge in [0.2, 0.25) is 0 Å². The van der Waals surface area contributed by atoms with Crippen LogP contribution in [0.1, 0.15) is 407 Å². The van der Waals surface area contributed by atoms with E-state index in [1.807, 2.05) is 0 Å². The number of carbonyl (C=O) groups is 4. The maximum atomic E-state index is 14.9. The number of phosphoric ester groups is 1. The predicted molar refractivity (Wildman–Crippen MR) is 462 cm³/mol. The molecular weight excluding hydrogens is 1550 g/mol. The third-order valence-electron chi connectivity index (χ3n) is 23.6. The minimum atomic E-state index is -5.81. The zero-order valence-electron chi connectivity index (χ0n) is 74.6. The molecule has 1 saturated carbocycles. The van der Waals surface area contributed by atoms with E-state index in [2.05, 4.69) is 58.9 Å². The first-order valence-corrected chi connectivity index (χ1v) is 49.5. The van der Waals surface area contributed by atoms with E-state index in [4.69, 9.17) is 46.9 Å². The van der Waals surface area contributed by atoms with Crippen LogP contribution in [0.5, 0.6) is 0 Å². The molecule has 119 heavy (non-hydrogen) atoms. The third-order valence-corrected chi connectivity index (χ3v) is 24.6. The highest BCUT2D eigenvalue weighted by Crippen LogP contribution is 2.49. The molecule has 698 valence electrons. The van der Waals surface area contributed by atoms with E-state index in [1.54, 1.807) is 0 Å². The van der Waals surface area contributed by atoms with Crippen molar-refractivity contribution < 1.29 is 122 Å². The summed E-state index contributed by atoms with van der Waals surface area (Å²) in [4.78, 5) is 66.5. The first-order valence-electron chi connectivity index (χ1n) is 48.0. The first-order chi connectivity index (χ1) is 57.6. The van der Waals surface area contributed by atoms with Crippen LogP contribution in [0.2, 0.25) is 0 Å². The van der Waals surface area contributed by atoms with Crippen molar-refractivity contribution in [3.63, 3.8) is 0 Å². The zero-order valence-corrected chi connectivity index (χ0v) is 75.5. The highest BCUT2D eigenvalue weighted by molar-refractivity contribution is 7.47. The second-order valence-corrected chi connectivity index (χ2v) is 35.9. The molecule has 0 amide bonds. The van der Waals surface area contributed by atoms with Crippen molar-refractivity contribution in [2.45, 2.75) is 511 Å². The van der Waals surface area contributed by atoms with Crippen molar-refractivity contribution in [3.05, 3.63) is 24.3 Å². The van der Waals surface area contributed by atoms with Gasteiger partial charge in [0.05, 0.1) is 13.2 Å². The van der Waals surface area contributed by atoms with Gasteiger partial charge >= 0.3 is 31.7 Å². The summed E-state index contributed by atoms with van der Waals surface area (Å²) in [5, 5.41) is 102. The largest absolute Gasteiger partial charge is 0.472 e. The molecule has 0 aromatic heterocycles. The average molecular weight is 1720 g/mol. The number of ether oxygens (including phenoxy) is 8. The summed E-state index contributed by atoms with van der Waals surface area (Å²) in [5.74, 6) is -2.30. The summed E-state index contributed by atoms with van der Waals surface area (Å²) in [6, 6.07) is 0. The Balaban J connectivity index is 1.91. The van der Waals surface area contributed by atoms with Gasteiger partial charge in [-0.15, -0.1) is 0 Å². The standard InChI is InChI=1S/C93H171O25P/c1-6-10-14-18-22-25-28-31-33-35-37-39-42-45-52-58-64-76(95)109-69-73(112-78(97)66-60-54-46-43-41-38-34-32-29-26-23-19-15-11-7-2)70-111-119(107,108)118-91-89(116-92-86(105)82(101)80(99)74(68-94)113-92)85(104)84(103)88(115-79(98)67-61-55-47-44-40-36-30-27-24-20-16-12-8-3)90(91)117-93-87(106)83(102)81(100)75(114-93)71-110-77(96)65-59-53-49-48-51-57-63-72(5)62-56-50-21-17-13-9-4/h26,29,36,40,72-75,80-94,99-106H,6-25,27-28,30-35,37-39,41-71H2,1-5H3,(H,107,108)/b29-26-,40-36-. The molecule has 2 saturated heterocycles. The fourth-order valence-electron chi connectivity index (χ4n) is 15.8. The molecule has 19 unspecified atom stereocenters. The summed E-state index contributed by atoms with van der Waals surface area (Å²) in [6.07, 6.45) is 30.3. The lowest BCUT2D eigenvalue weighted by Crippen LogP contribution is -2.70. The minimum absolute atomic E-state index is 0.0131. The molecule has 3 fully saturated rings. The number of phosphoric acid groups is 1. The SMILES string of the molecule is CCCCCC/C=C\CCCCCCCCCC(=O)OC(COC(=O)CCCCCCCCCCCCCCCCCC)COP(=O)(O)OC1C(OC2OC(CO)C(O)C(O)C2O)C(O)C(O)C(OC(=O)CCCCC/C=C\CCCCCCCC)C1OC1OC(COC(=O)CCCCCCCCC(C)CCCCCCCC)C(O)C(O)C1O. The summed E-state index contributed by atoms with van der Waals surface area (Å²) in [6.45, 7) is 7.90. The Morgan fingerprint density at radius 1 is 0.353 bits per heavy atom. The van der Waals surface area contributed by atoms with E-state index < -0.39 is 162 Å². The Kier molecular flexibility index (Phi) is 65.7. The van der Waals surface area contributed by atoms with Gasteiger partial charge in [0.15, 0.2) is 24.8 Å². The van der Waals surface area contributed by atoms with Crippen LogP contribution < -0.4 is 0 Å². The average Bonchev–Trinajstić information content (AvgIpc) is 0.754. The highest BCUT2D eigenvalue weighted by atomic mass is 31.2. The van der Waals surface area contributed by atoms with Crippen LogP contribution in [0.3, 0.4) is 0 Å². The number of allylic oxidation sites excluding steroid dienone is 4. The van der Waals surface area contributed by atoms with Crippen molar-refractivity contribution in [3.8, 4) is 0 Å². The molecule has 3 aliphatic rings. The molecule has 19 atom stereocenters. The van der Waals surface area contributed by atoms with E-state index in [-0.39, 0.29) is 32.1 Å². The Morgan fingerprint density at radius 3 is 1.10 bits per heavy atom. The zero-order chi connectivity index (χ0) is 86.9.